The van der Waals surface area contributed by atoms with Crippen molar-refractivity contribution >= 4 is 29.1 Å². The summed E-state index contributed by atoms with van der Waals surface area (Å²) in [5.41, 5.74) is 6.88. The topological polar surface area (TPSA) is 128 Å². The maximum Gasteiger partial charge on any atom is 0.287 e. The SMILES string of the molecule is NC(=O)C(=O)C(Cc1ccoc1)NC(=O)c1sncc1-c1ccccn1. The molecule has 0 aromatic carbocycles. The number of nitrogens with two attached hydrogens (primary N) is 1. The van der Waals surface area contributed by atoms with Gasteiger partial charge in [-0.25, -0.2) is 0 Å². The number of hydrogen-bond acceptors (Lipinski definition) is 7. The van der Waals surface area contributed by atoms with Gasteiger partial charge >= 0.3 is 0 Å². The highest BCUT2D eigenvalue weighted by Gasteiger charge is 2.28. The Morgan fingerprint density at radius 2 is 2.12 bits per heavy atom. The van der Waals surface area contributed by atoms with Crippen molar-refractivity contribution in [1.29, 1.82) is 0 Å². The molecule has 0 fully saturated rings. The van der Waals surface area contributed by atoms with Crippen LogP contribution in [0.25, 0.3) is 11.3 Å². The summed E-state index contributed by atoms with van der Waals surface area (Å²) >= 11 is 0.975. The number of Topliss-reactive ketones (excluding diaryl/α,β-unsaturated/α-hetero) is 1. The fourth-order valence-electron chi connectivity index (χ4n) is 2.36. The number of carbonyl (C=O) groups excluding carboxylic acids is 3. The summed E-state index contributed by atoms with van der Waals surface area (Å²) in [6.45, 7) is 0. The number of amides is 2. The first kappa shape index (κ1) is 17.5. The highest BCUT2D eigenvalue weighted by atomic mass is 32.1. The lowest BCUT2D eigenvalue weighted by Crippen LogP contribution is -2.47. The number of pyridine rings is 1. The summed E-state index contributed by atoms with van der Waals surface area (Å²) in [5.74, 6) is -2.53. The summed E-state index contributed by atoms with van der Waals surface area (Å²) in [4.78, 5) is 40.5. The number of nitrogens with zero attached hydrogens (tertiary/aromatic N) is 2. The standard InChI is InChI=1S/C17H14N4O4S/c18-16(23)14(22)13(7-10-4-6-25-9-10)21-17(24)15-11(8-20-26-15)12-3-1-2-5-19-12/h1-6,8-9,13H,7H2,(H2,18,23)(H,21,24). The lowest BCUT2D eigenvalue weighted by atomic mass is 10.0. The van der Waals surface area contributed by atoms with Crippen LogP contribution in [-0.2, 0) is 16.0 Å². The number of hydrogen-bond donors (Lipinski definition) is 2. The molecule has 26 heavy (non-hydrogen) atoms. The lowest BCUT2D eigenvalue weighted by Gasteiger charge is -2.15. The van der Waals surface area contributed by atoms with Crippen LogP contribution in [-0.4, -0.2) is 33.0 Å². The van der Waals surface area contributed by atoms with E-state index >= 15 is 0 Å². The third kappa shape index (κ3) is 3.83. The van der Waals surface area contributed by atoms with E-state index < -0.39 is 23.6 Å². The molecule has 3 aromatic rings. The molecule has 0 saturated carbocycles. The Labute approximate surface area is 152 Å². The second-order valence-corrected chi connectivity index (χ2v) is 6.18. The number of primary amides is 1. The van der Waals surface area contributed by atoms with Crippen LogP contribution < -0.4 is 11.1 Å². The molecule has 0 aliphatic carbocycles. The molecule has 3 aromatic heterocycles. The molecule has 0 radical (unpaired) electrons. The van der Waals surface area contributed by atoms with Crippen LogP contribution in [0.2, 0.25) is 0 Å². The Kier molecular flexibility index (Phi) is 5.18. The molecule has 0 aliphatic rings. The van der Waals surface area contributed by atoms with Gasteiger partial charge in [0.05, 0.1) is 24.4 Å². The maximum absolute atomic E-state index is 12.7. The van der Waals surface area contributed by atoms with Crippen LogP contribution in [0, 0.1) is 0 Å². The molecule has 0 spiro atoms. The van der Waals surface area contributed by atoms with Crippen molar-refractivity contribution < 1.29 is 18.8 Å². The highest BCUT2D eigenvalue weighted by molar-refractivity contribution is 7.08. The third-order valence-corrected chi connectivity index (χ3v) is 4.40. The monoisotopic (exact) mass is 370 g/mol. The minimum absolute atomic E-state index is 0.0851. The van der Waals surface area contributed by atoms with Gasteiger partial charge < -0.3 is 15.5 Å². The Morgan fingerprint density at radius 3 is 2.77 bits per heavy atom. The molecule has 2 amide bonds. The van der Waals surface area contributed by atoms with Crippen LogP contribution in [0.5, 0.6) is 0 Å². The Balaban J connectivity index is 1.83. The Hall–Kier alpha value is -3.33. The molecular weight excluding hydrogens is 356 g/mol. The van der Waals surface area contributed by atoms with E-state index in [2.05, 4.69) is 14.7 Å². The molecular formula is C17H14N4O4S. The number of nitrogens with one attached hydrogen (secondary N) is 1. The van der Waals surface area contributed by atoms with E-state index in [0.29, 0.717) is 16.8 Å². The van der Waals surface area contributed by atoms with Crippen LogP contribution in [0.4, 0.5) is 0 Å². The molecule has 3 rings (SSSR count). The summed E-state index contributed by atoms with van der Waals surface area (Å²) in [6, 6.07) is 5.84. The van der Waals surface area contributed by atoms with E-state index in [9.17, 15) is 14.4 Å². The number of rotatable bonds is 7. The van der Waals surface area contributed by atoms with Crippen molar-refractivity contribution in [3.63, 3.8) is 0 Å². The molecule has 0 bridgehead atoms. The van der Waals surface area contributed by atoms with E-state index in [1.54, 1.807) is 30.5 Å². The van der Waals surface area contributed by atoms with Gasteiger partial charge in [0.1, 0.15) is 10.9 Å². The molecule has 132 valence electrons. The average Bonchev–Trinajstić information content (AvgIpc) is 3.32. The highest BCUT2D eigenvalue weighted by Crippen LogP contribution is 2.24. The third-order valence-electron chi connectivity index (χ3n) is 3.60. The Morgan fingerprint density at radius 1 is 1.27 bits per heavy atom. The normalized spacial score (nSPS) is 11.7. The van der Waals surface area contributed by atoms with Crippen LogP contribution in [0.15, 0.2) is 53.6 Å². The minimum atomic E-state index is -1.12. The summed E-state index contributed by atoms with van der Waals surface area (Å²) in [6.07, 6.45) is 6.09. The van der Waals surface area contributed by atoms with Gasteiger partial charge in [-0.2, -0.15) is 4.37 Å². The summed E-state index contributed by atoms with van der Waals surface area (Å²) in [5, 5.41) is 2.56. The number of furan rings is 1. The fraction of sp³-hybridized carbons (Fsp3) is 0.118. The van der Waals surface area contributed by atoms with Crippen LogP contribution in [0.3, 0.4) is 0 Å². The zero-order valence-corrected chi connectivity index (χ0v) is 14.2. The zero-order chi connectivity index (χ0) is 18.5. The van der Waals surface area contributed by atoms with Gasteiger partial charge in [0.15, 0.2) is 0 Å². The molecule has 1 atom stereocenters. The minimum Gasteiger partial charge on any atom is -0.472 e. The second-order valence-electron chi connectivity index (χ2n) is 5.37. The van der Waals surface area contributed by atoms with Gasteiger partial charge in [-0.1, -0.05) is 6.07 Å². The molecule has 1 unspecified atom stereocenters. The smallest absolute Gasteiger partial charge is 0.287 e. The molecule has 3 N–H and O–H groups in total. The van der Waals surface area contributed by atoms with Gasteiger partial charge in [-0.15, -0.1) is 0 Å². The largest absolute Gasteiger partial charge is 0.472 e. The zero-order valence-electron chi connectivity index (χ0n) is 13.4. The van der Waals surface area contributed by atoms with Gasteiger partial charge in [0, 0.05) is 18.2 Å². The van der Waals surface area contributed by atoms with E-state index in [4.69, 9.17) is 10.2 Å². The fourth-order valence-corrected chi connectivity index (χ4v) is 3.02. The van der Waals surface area contributed by atoms with Gasteiger partial charge in [0.2, 0.25) is 5.78 Å². The number of carbonyl (C=O) groups is 3. The molecule has 0 saturated heterocycles. The van der Waals surface area contributed by atoms with E-state index in [1.165, 1.54) is 18.7 Å². The van der Waals surface area contributed by atoms with E-state index in [0.717, 1.165) is 11.5 Å². The van der Waals surface area contributed by atoms with Crippen molar-refractivity contribution in [2.75, 3.05) is 0 Å². The second kappa shape index (κ2) is 7.70. The summed E-state index contributed by atoms with van der Waals surface area (Å²) < 4.78 is 8.99. The van der Waals surface area contributed by atoms with Crippen molar-refractivity contribution in [3.8, 4) is 11.3 Å². The average molecular weight is 370 g/mol. The molecule has 0 aliphatic heterocycles. The Bertz CT molecular complexity index is 921. The first-order valence-corrected chi connectivity index (χ1v) is 8.35. The van der Waals surface area contributed by atoms with E-state index in [-0.39, 0.29) is 11.3 Å². The molecule has 9 heteroatoms. The molecule has 3 heterocycles. The summed E-state index contributed by atoms with van der Waals surface area (Å²) in [7, 11) is 0. The van der Waals surface area contributed by atoms with Crippen molar-refractivity contribution in [1.82, 2.24) is 14.7 Å². The van der Waals surface area contributed by atoms with Crippen molar-refractivity contribution in [2.24, 2.45) is 5.73 Å². The van der Waals surface area contributed by atoms with Gasteiger partial charge in [-0.3, -0.25) is 19.4 Å². The maximum atomic E-state index is 12.7. The van der Waals surface area contributed by atoms with Gasteiger partial charge in [-0.05, 0) is 35.3 Å². The molecule has 8 nitrogen and oxygen atoms in total. The quantitative estimate of drug-likeness (QED) is 0.601. The van der Waals surface area contributed by atoms with Crippen molar-refractivity contribution in [3.05, 3.63) is 59.6 Å². The number of ketones is 1. The predicted molar refractivity (Wildman–Crippen MR) is 93.2 cm³/mol. The van der Waals surface area contributed by atoms with Crippen LogP contribution >= 0.6 is 11.5 Å². The van der Waals surface area contributed by atoms with Gasteiger partial charge in [0.25, 0.3) is 11.8 Å². The lowest BCUT2D eigenvalue weighted by molar-refractivity contribution is -0.137. The number of aromatic nitrogens is 2. The predicted octanol–water partition coefficient (Wildman–Crippen LogP) is 1.19. The van der Waals surface area contributed by atoms with Crippen LogP contribution in [0.1, 0.15) is 15.2 Å². The van der Waals surface area contributed by atoms with E-state index in [1.807, 2.05) is 0 Å². The van der Waals surface area contributed by atoms with Crippen molar-refractivity contribution in [2.45, 2.75) is 12.5 Å². The first-order chi connectivity index (χ1) is 12.6. The first-order valence-electron chi connectivity index (χ1n) is 7.58.